The first kappa shape index (κ1) is 16.5. The van der Waals surface area contributed by atoms with Crippen LogP contribution in [0.2, 0.25) is 0 Å². The van der Waals surface area contributed by atoms with Gasteiger partial charge >= 0.3 is 0 Å². The van der Waals surface area contributed by atoms with Crippen molar-refractivity contribution in [2.75, 3.05) is 0 Å². The van der Waals surface area contributed by atoms with Crippen molar-refractivity contribution < 1.29 is 10.2 Å². The molecule has 0 spiro atoms. The van der Waals surface area contributed by atoms with Gasteiger partial charge in [-0.15, -0.1) is 0 Å². The molecule has 0 aromatic heterocycles. The van der Waals surface area contributed by atoms with E-state index in [2.05, 4.69) is 38.1 Å². The van der Waals surface area contributed by atoms with Crippen molar-refractivity contribution >= 4 is 0 Å². The van der Waals surface area contributed by atoms with Gasteiger partial charge in [0.05, 0.1) is 0 Å². The van der Waals surface area contributed by atoms with Crippen molar-refractivity contribution in [3.63, 3.8) is 0 Å². The van der Waals surface area contributed by atoms with Crippen molar-refractivity contribution in [1.29, 1.82) is 0 Å². The molecule has 0 radical (unpaired) electrons. The maximum absolute atomic E-state index is 9.80. The predicted molar refractivity (Wildman–Crippen MR) is 101 cm³/mol. The van der Waals surface area contributed by atoms with Crippen molar-refractivity contribution in [3.8, 4) is 11.5 Å². The molecule has 0 saturated heterocycles. The van der Waals surface area contributed by atoms with E-state index < -0.39 is 0 Å². The molecule has 0 heterocycles. The second-order valence-corrected chi connectivity index (χ2v) is 8.47. The lowest BCUT2D eigenvalue weighted by atomic mass is 9.48. The van der Waals surface area contributed by atoms with Crippen LogP contribution in [0.3, 0.4) is 0 Å². The molecule has 2 nitrogen and oxygen atoms in total. The predicted octanol–water partition coefficient (Wildman–Crippen LogP) is 5.48. The molecule has 2 aromatic carbocycles. The van der Waals surface area contributed by atoms with Gasteiger partial charge in [0.15, 0.2) is 0 Å². The topological polar surface area (TPSA) is 40.5 Å². The Morgan fingerprint density at radius 1 is 0.720 bits per heavy atom. The summed E-state index contributed by atoms with van der Waals surface area (Å²) in [5.74, 6) is 3.40. The number of hydrogen-bond donors (Lipinski definition) is 2. The number of benzene rings is 2. The van der Waals surface area contributed by atoms with Crippen LogP contribution in [0.15, 0.2) is 48.5 Å². The third-order valence-electron chi connectivity index (χ3n) is 6.84. The molecular formula is C23H28O2. The maximum atomic E-state index is 9.80. The summed E-state index contributed by atoms with van der Waals surface area (Å²) in [4.78, 5) is 0. The van der Waals surface area contributed by atoms with Crippen LogP contribution in [0.1, 0.15) is 50.7 Å². The highest BCUT2D eigenvalue weighted by molar-refractivity contribution is 5.45. The van der Waals surface area contributed by atoms with E-state index >= 15 is 0 Å². The third kappa shape index (κ3) is 2.63. The Labute approximate surface area is 150 Å². The molecule has 2 fully saturated rings. The van der Waals surface area contributed by atoms with Crippen LogP contribution in [0.4, 0.5) is 0 Å². The number of rotatable bonds is 2. The SMILES string of the molecule is CC1CC2CC(C)C(c3ccc(O)cc3)(c3ccc(O)cc3)C(C1)C2. The summed E-state index contributed by atoms with van der Waals surface area (Å²) in [5, 5.41) is 19.6. The summed E-state index contributed by atoms with van der Waals surface area (Å²) in [6.45, 7) is 4.79. The highest BCUT2D eigenvalue weighted by Crippen LogP contribution is 2.58. The molecule has 2 aromatic rings. The highest BCUT2D eigenvalue weighted by Gasteiger charge is 2.52. The zero-order valence-electron chi connectivity index (χ0n) is 15.2. The van der Waals surface area contributed by atoms with Gasteiger partial charge in [-0.1, -0.05) is 38.1 Å². The van der Waals surface area contributed by atoms with Gasteiger partial charge in [-0.3, -0.25) is 0 Å². The van der Waals surface area contributed by atoms with Crippen LogP contribution < -0.4 is 0 Å². The maximum Gasteiger partial charge on any atom is 0.115 e. The minimum absolute atomic E-state index is 0.0351. The molecule has 4 rings (SSSR count). The fraction of sp³-hybridized carbons (Fsp3) is 0.478. The summed E-state index contributed by atoms with van der Waals surface area (Å²) in [7, 11) is 0. The number of phenolic OH excluding ortho intramolecular Hbond substituents is 2. The Kier molecular flexibility index (Phi) is 4.02. The first-order chi connectivity index (χ1) is 12.0. The second-order valence-electron chi connectivity index (χ2n) is 8.47. The quantitative estimate of drug-likeness (QED) is 0.763. The monoisotopic (exact) mass is 336 g/mol. The van der Waals surface area contributed by atoms with Crippen molar-refractivity contribution in [2.45, 2.75) is 44.9 Å². The molecule has 2 heteroatoms. The van der Waals surface area contributed by atoms with Crippen molar-refractivity contribution in [3.05, 3.63) is 59.7 Å². The van der Waals surface area contributed by atoms with E-state index in [1.165, 1.54) is 36.8 Å². The normalized spacial score (nSPS) is 30.8. The van der Waals surface area contributed by atoms with Gasteiger partial charge in [0.1, 0.15) is 11.5 Å². The molecule has 132 valence electrons. The molecule has 2 N–H and O–H groups in total. The van der Waals surface area contributed by atoms with Crippen LogP contribution in [-0.4, -0.2) is 10.2 Å². The van der Waals surface area contributed by atoms with E-state index in [9.17, 15) is 10.2 Å². The Balaban J connectivity index is 1.91. The molecule has 2 aliphatic carbocycles. The van der Waals surface area contributed by atoms with Gasteiger partial charge in [0, 0.05) is 5.41 Å². The standard InChI is InChI=1S/C23H28O2/c1-15-11-17-13-16(2)23(20(12-15)14-17,18-3-7-21(24)8-4-18)19-5-9-22(25)10-6-19/h3-10,15-17,20,24-25H,11-14H2,1-2H3. The third-order valence-corrected chi connectivity index (χ3v) is 6.84. The Hall–Kier alpha value is -1.96. The van der Waals surface area contributed by atoms with E-state index in [-0.39, 0.29) is 5.41 Å². The molecule has 0 amide bonds. The zero-order valence-corrected chi connectivity index (χ0v) is 15.2. The average Bonchev–Trinajstić information content (AvgIpc) is 2.57. The second kappa shape index (κ2) is 6.09. The molecule has 2 bridgehead atoms. The molecule has 2 aliphatic rings. The van der Waals surface area contributed by atoms with Crippen LogP contribution >= 0.6 is 0 Å². The molecule has 4 unspecified atom stereocenters. The van der Waals surface area contributed by atoms with E-state index in [0.29, 0.717) is 23.3 Å². The number of phenols is 2. The lowest BCUT2D eigenvalue weighted by Crippen LogP contribution is -2.50. The van der Waals surface area contributed by atoms with Gasteiger partial charge < -0.3 is 10.2 Å². The molecule has 25 heavy (non-hydrogen) atoms. The Bertz CT molecular complexity index is 682. The van der Waals surface area contributed by atoms with Crippen molar-refractivity contribution in [1.82, 2.24) is 0 Å². The van der Waals surface area contributed by atoms with Crippen LogP contribution in [-0.2, 0) is 5.41 Å². The lowest BCUT2D eigenvalue weighted by molar-refractivity contribution is 0.0401. The highest BCUT2D eigenvalue weighted by atomic mass is 16.3. The summed E-state index contributed by atoms with van der Waals surface area (Å²) < 4.78 is 0. The Morgan fingerprint density at radius 3 is 1.76 bits per heavy atom. The molecular weight excluding hydrogens is 308 g/mol. The molecule has 0 aliphatic heterocycles. The smallest absolute Gasteiger partial charge is 0.115 e. The molecule has 2 saturated carbocycles. The van der Waals surface area contributed by atoms with Gasteiger partial charge in [0.2, 0.25) is 0 Å². The fourth-order valence-electron chi connectivity index (χ4n) is 6.08. The summed E-state index contributed by atoms with van der Waals surface area (Å²) >= 11 is 0. The summed E-state index contributed by atoms with van der Waals surface area (Å²) in [6.07, 6.45) is 5.16. The Morgan fingerprint density at radius 2 is 1.24 bits per heavy atom. The average molecular weight is 336 g/mol. The first-order valence-corrected chi connectivity index (χ1v) is 9.59. The number of hydrogen-bond acceptors (Lipinski definition) is 2. The first-order valence-electron chi connectivity index (χ1n) is 9.59. The van der Waals surface area contributed by atoms with Gasteiger partial charge in [-0.25, -0.2) is 0 Å². The number of fused-ring (bicyclic) bond motifs is 2. The number of aromatic hydroxyl groups is 2. The van der Waals surface area contributed by atoms with Gasteiger partial charge in [-0.05, 0) is 84.7 Å². The summed E-state index contributed by atoms with van der Waals surface area (Å²) in [6, 6.07) is 15.7. The van der Waals surface area contributed by atoms with Crippen molar-refractivity contribution in [2.24, 2.45) is 23.7 Å². The lowest BCUT2D eigenvalue weighted by Gasteiger charge is -2.55. The van der Waals surface area contributed by atoms with E-state index in [4.69, 9.17) is 0 Å². The zero-order chi connectivity index (χ0) is 17.6. The fourth-order valence-corrected chi connectivity index (χ4v) is 6.08. The van der Waals surface area contributed by atoms with E-state index in [1.807, 2.05) is 24.3 Å². The largest absolute Gasteiger partial charge is 0.508 e. The minimum atomic E-state index is -0.0351. The molecule has 4 atom stereocenters. The minimum Gasteiger partial charge on any atom is -0.508 e. The van der Waals surface area contributed by atoms with Crippen LogP contribution in [0, 0.1) is 23.7 Å². The van der Waals surface area contributed by atoms with Crippen LogP contribution in [0.5, 0.6) is 11.5 Å². The van der Waals surface area contributed by atoms with Gasteiger partial charge in [-0.2, -0.15) is 0 Å². The van der Waals surface area contributed by atoms with E-state index in [1.54, 1.807) is 0 Å². The summed E-state index contributed by atoms with van der Waals surface area (Å²) in [5.41, 5.74) is 2.58. The van der Waals surface area contributed by atoms with Gasteiger partial charge in [0.25, 0.3) is 0 Å². The van der Waals surface area contributed by atoms with Crippen LogP contribution in [0.25, 0.3) is 0 Å². The van der Waals surface area contributed by atoms with E-state index in [0.717, 1.165) is 11.8 Å².